The summed E-state index contributed by atoms with van der Waals surface area (Å²) in [6.07, 6.45) is 0.880. The van der Waals surface area contributed by atoms with E-state index in [1.807, 2.05) is 0 Å². The van der Waals surface area contributed by atoms with Crippen molar-refractivity contribution in [1.82, 2.24) is 0 Å². The minimum atomic E-state index is 0.283. The lowest BCUT2D eigenvalue weighted by Gasteiger charge is -2.21. The Morgan fingerprint density at radius 3 is 2.50 bits per heavy atom. The van der Waals surface area contributed by atoms with Crippen LogP contribution in [0.5, 0.6) is 5.75 Å². The molecule has 1 unspecified atom stereocenters. The van der Waals surface area contributed by atoms with Gasteiger partial charge in [-0.3, -0.25) is 0 Å². The van der Waals surface area contributed by atoms with E-state index >= 15 is 0 Å². The van der Waals surface area contributed by atoms with Crippen molar-refractivity contribution >= 4 is 10.8 Å². The van der Waals surface area contributed by atoms with Gasteiger partial charge in [0.1, 0.15) is 5.75 Å². The molecule has 0 amide bonds. The molecule has 0 bridgehead atoms. The number of benzene rings is 3. The van der Waals surface area contributed by atoms with Crippen molar-refractivity contribution in [1.29, 1.82) is 0 Å². The van der Waals surface area contributed by atoms with Crippen molar-refractivity contribution in [2.24, 2.45) is 5.73 Å². The van der Waals surface area contributed by atoms with Crippen LogP contribution in [0.25, 0.3) is 10.8 Å². The highest BCUT2D eigenvalue weighted by Crippen LogP contribution is 2.33. The fourth-order valence-electron chi connectivity index (χ4n) is 3.57. The number of ether oxygens (including phenoxy) is 1. The quantitative estimate of drug-likeness (QED) is 0.736. The largest absolute Gasteiger partial charge is 0.496 e. The molecule has 2 N–H and O–H groups in total. The molecule has 0 fully saturated rings. The van der Waals surface area contributed by atoms with Gasteiger partial charge in [-0.15, -0.1) is 0 Å². The summed E-state index contributed by atoms with van der Waals surface area (Å²) >= 11 is 0. The van der Waals surface area contributed by atoms with E-state index in [2.05, 4.69) is 68.4 Å². The highest BCUT2D eigenvalue weighted by atomic mass is 16.5. The molecule has 124 valence electrons. The molecule has 0 aliphatic heterocycles. The maximum Gasteiger partial charge on any atom is 0.122 e. The van der Waals surface area contributed by atoms with E-state index in [9.17, 15) is 0 Å². The van der Waals surface area contributed by atoms with Crippen LogP contribution < -0.4 is 10.5 Å². The van der Waals surface area contributed by atoms with Crippen molar-refractivity contribution in [3.8, 4) is 5.75 Å². The monoisotopic (exact) mass is 319 g/mol. The third kappa shape index (κ3) is 3.15. The second-order valence-electron chi connectivity index (χ2n) is 6.46. The average Bonchev–Trinajstić information content (AvgIpc) is 2.60. The summed E-state index contributed by atoms with van der Waals surface area (Å²) in [6, 6.07) is 19.3. The molecule has 0 saturated heterocycles. The number of hydrogen-bond donors (Lipinski definition) is 1. The molecule has 24 heavy (non-hydrogen) atoms. The van der Waals surface area contributed by atoms with E-state index in [1.54, 1.807) is 7.11 Å². The Morgan fingerprint density at radius 1 is 1.00 bits per heavy atom. The van der Waals surface area contributed by atoms with Gasteiger partial charge in [-0.2, -0.15) is 0 Å². The van der Waals surface area contributed by atoms with E-state index in [1.165, 1.54) is 33.0 Å². The first kappa shape index (κ1) is 16.5. The topological polar surface area (TPSA) is 35.2 Å². The van der Waals surface area contributed by atoms with Gasteiger partial charge in [0.2, 0.25) is 0 Å². The number of aryl methyl sites for hydroxylation is 2. The molecule has 0 radical (unpaired) electrons. The molecule has 0 spiro atoms. The van der Waals surface area contributed by atoms with E-state index < -0.39 is 0 Å². The number of methoxy groups -OCH3 is 1. The summed E-state index contributed by atoms with van der Waals surface area (Å²) in [6.45, 7) is 4.92. The Kier molecular flexibility index (Phi) is 4.86. The highest BCUT2D eigenvalue weighted by Gasteiger charge is 2.17. The van der Waals surface area contributed by atoms with Crippen LogP contribution in [0.2, 0.25) is 0 Å². The number of nitrogens with two attached hydrogens (primary N) is 1. The van der Waals surface area contributed by atoms with Crippen molar-refractivity contribution in [2.75, 3.05) is 13.7 Å². The lowest BCUT2D eigenvalue weighted by Crippen LogP contribution is -2.16. The van der Waals surface area contributed by atoms with Crippen molar-refractivity contribution in [3.63, 3.8) is 0 Å². The van der Waals surface area contributed by atoms with Gasteiger partial charge in [-0.05, 0) is 54.8 Å². The lowest BCUT2D eigenvalue weighted by molar-refractivity contribution is 0.409. The highest BCUT2D eigenvalue weighted by molar-refractivity contribution is 5.87. The first-order valence-electron chi connectivity index (χ1n) is 8.46. The molecule has 2 nitrogen and oxygen atoms in total. The predicted octanol–water partition coefficient (Wildman–Crippen LogP) is 4.75. The molecule has 0 heterocycles. The number of rotatable bonds is 5. The number of fused-ring (bicyclic) bond motifs is 1. The van der Waals surface area contributed by atoms with Gasteiger partial charge in [0, 0.05) is 11.5 Å². The standard InChI is InChI=1S/C22H25NO/c1-15-8-10-19(16(2)12-15)18(14-23)13-21-20-7-5-4-6-17(20)9-11-22(21)24-3/h4-12,18H,13-14,23H2,1-3H3. The van der Waals surface area contributed by atoms with Crippen LogP contribution in [0.3, 0.4) is 0 Å². The van der Waals surface area contributed by atoms with E-state index in [0.29, 0.717) is 6.54 Å². The minimum absolute atomic E-state index is 0.283. The zero-order valence-corrected chi connectivity index (χ0v) is 14.7. The average molecular weight is 319 g/mol. The molecule has 3 aromatic rings. The van der Waals surface area contributed by atoms with Gasteiger partial charge in [-0.25, -0.2) is 0 Å². The molecule has 0 aliphatic rings. The fourth-order valence-corrected chi connectivity index (χ4v) is 3.57. The summed E-state index contributed by atoms with van der Waals surface area (Å²) in [4.78, 5) is 0. The zero-order chi connectivity index (χ0) is 17.1. The summed E-state index contributed by atoms with van der Waals surface area (Å²) < 4.78 is 5.64. The zero-order valence-electron chi connectivity index (χ0n) is 14.7. The van der Waals surface area contributed by atoms with E-state index in [4.69, 9.17) is 10.5 Å². The number of hydrogen-bond acceptors (Lipinski definition) is 2. The molecule has 0 saturated carbocycles. The normalized spacial score (nSPS) is 12.3. The van der Waals surface area contributed by atoms with E-state index in [-0.39, 0.29) is 5.92 Å². The van der Waals surface area contributed by atoms with E-state index in [0.717, 1.165) is 12.2 Å². The van der Waals surface area contributed by atoms with Crippen LogP contribution in [0.15, 0.2) is 54.6 Å². The van der Waals surface area contributed by atoms with Gasteiger partial charge in [0.15, 0.2) is 0 Å². The maximum absolute atomic E-state index is 6.15. The second kappa shape index (κ2) is 7.06. The molecule has 1 atom stereocenters. The predicted molar refractivity (Wildman–Crippen MR) is 102 cm³/mol. The van der Waals surface area contributed by atoms with Crippen LogP contribution >= 0.6 is 0 Å². The van der Waals surface area contributed by atoms with Crippen molar-refractivity contribution < 1.29 is 4.74 Å². The summed E-state index contributed by atoms with van der Waals surface area (Å²) in [7, 11) is 1.74. The Hall–Kier alpha value is -2.32. The first-order valence-corrected chi connectivity index (χ1v) is 8.46. The Labute approximate surface area is 144 Å². The molecular weight excluding hydrogens is 294 g/mol. The molecule has 0 aromatic heterocycles. The molecular formula is C22H25NO. The molecule has 3 rings (SSSR count). The summed E-state index contributed by atoms with van der Waals surface area (Å²) in [5.74, 6) is 1.22. The van der Waals surface area contributed by atoms with Gasteiger partial charge in [-0.1, -0.05) is 54.1 Å². The maximum atomic E-state index is 6.15. The fraction of sp³-hybridized carbons (Fsp3) is 0.273. The first-order chi connectivity index (χ1) is 11.6. The van der Waals surface area contributed by atoms with Gasteiger partial charge in [0.25, 0.3) is 0 Å². The lowest BCUT2D eigenvalue weighted by atomic mass is 9.86. The van der Waals surface area contributed by atoms with Crippen LogP contribution in [0.4, 0.5) is 0 Å². The smallest absolute Gasteiger partial charge is 0.122 e. The van der Waals surface area contributed by atoms with Gasteiger partial charge < -0.3 is 10.5 Å². The minimum Gasteiger partial charge on any atom is -0.496 e. The molecule has 0 aliphatic carbocycles. The van der Waals surface area contributed by atoms with Crippen LogP contribution in [-0.4, -0.2) is 13.7 Å². The van der Waals surface area contributed by atoms with Crippen LogP contribution in [0.1, 0.15) is 28.2 Å². The van der Waals surface area contributed by atoms with Crippen LogP contribution in [-0.2, 0) is 6.42 Å². The Bertz CT molecular complexity index is 854. The van der Waals surface area contributed by atoms with Crippen LogP contribution in [0, 0.1) is 13.8 Å². The van der Waals surface area contributed by atoms with Gasteiger partial charge >= 0.3 is 0 Å². The van der Waals surface area contributed by atoms with Crippen molar-refractivity contribution in [2.45, 2.75) is 26.2 Å². The molecule has 3 aromatic carbocycles. The third-order valence-electron chi connectivity index (χ3n) is 4.82. The third-order valence-corrected chi connectivity index (χ3v) is 4.82. The summed E-state index contributed by atoms with van der Waals surface area (Å²) in [5.41, 5.74) is 11.3. The van der Waals surface area contributed by atoms with Crippen molar-refractivity contribution in [3.05, 3.63) is 76.9 Å². The van der Waals surface area contributed by atoms with Gasteiger partial charge in [0.05, 0.1) is 7.11 Å². The summed E-state index contributed by atoms with van der Waals surface area (Å²) in [5, 5.41) is 2.49. The Balaban J connectivity index is 2.06. The Morgan fingerprint density at radius 2 is 1.79 bits per heavy atom. The second-order valence-corrected chi connectivity index (χ2v) is 6.46. The molecule has 2 heteroatoms. The SMILES string of the molecule is COc1ccc2ccccc2c1CC(CN)c1ccc(C)cc1C.